The van der Waals surface area contributed by atoms with Crippen LogP contribution < -0.4 is 11.2 Å². The summed E-state index contributed by atoms with van der Waals surface area (Å²) in [5, 5.41) is 9.21. The molecule has 2 atom stereocenters. The highest BCUT2D eigenvalue weighted by molar-refractivity contribution is 8.00. The van der Waals surface area contributed by atoms with E-state index in [1.54, 1.807) is 11.8 Å². The first-order valence-corrected chi connectivity index (χ1v) is 5.73. The minimum atomic E-state index is -0.377. The molecule has 1 aliphatic rings. The summed E-state index contributed by atoms with van der Waals surface area (Å²) >= 11 is 1.57. The van der Waals surface area contributed by atoms with E-state index >= 15 is 0 Å². The Labute approximate surface area is 90.1 Å². The molecule has 1 aliphatic heterocycles. The summed E-state index contributed by atoms with van der Waals surface area (Å²) < 4.78 is 1.52. The molecule has 15 heavy (non-hydrogen) atoms. The van der Waals surface area contributed by atoms with Gasteiger partial charge in [0.25, 0.3) is 5.56 Å². The highest BCUT2D eigenvalue weighted by atomic mass is 32.2. The van der Waals surface area contributed by atoms with E-state index in [4.69, 9.17) is 5.11 Å². The van der Waals surface area contributed by atoms with Crippen LogP contribution >= 0.6 is 11.8 Å². The normalized spacial score (nSPS) is 25.7. The zero-order chi connectivity index (χ0) is 10.8. The maximum atomic E-state index is 11.5. The molecule has 0 aliphatic carbocycles. The van der Waals surface area contributed by atoms with Gasteiger partial charge in [-0.25, -0.2) is 4.79 Å². The van der Waals surface area contributed by atoms with E-state index < -0.39 is 0 Å². The third-order valence-electron chi connectivity index (χ3n) is 2.45. The SMILES string of the molecule is O=c1ccn(C2CCC(CO)S2)c(=O)[nH]1. The van der Waals surface area contributed by atoms with Gasteiger partial charge in [-0.3, -0.25) is 14.3 Å². The summed E-state index contributed by atoms with van der Waals surface area (Å²) in [5.74, 6) is 0. The molecule has 1 fully saturated rings. The largest absolute Gasteiger partial charge is 0.395 e. The lowest BCUT2D eigenvalue weighted by atomic mass is 10.2. The van der Waals surface area contributed by atoms with Gasteiger partial charge in [0.15, 0.2) is 0 Å². The average Bonchev–Trinajstić information content (AvgIpc) is 2.66. The number of hydrogen-bond donors (Lipinski definition) is 2. The molecule has 0 saturated carbocycles. The van der Waals surface area contributed by atoms with Crippen molar-refractivity contribution in [2.24, 2.45) is 0 Å². The molecule has 0 spiro atoms. The van der Waals surface area contributed by atoms with Crippen molar-refractivity contribution in [1.29, 1.82) is 0 Å². The van der Waals surface area contributed by atoms with E-state index in [0.29, 0.717) is 0 Å². The van der Waals surface area contributed by atoms with Gasteiger partial charge in [0, 0.05) is 17.5 Å². The van der Waals surface area contributed by atoms with Crippen LogP contribution in [0.3, 0.4) is 0 Å². The molecule has 0 radical (unpaired) electrons. The lowest BCUT2D eigenvalue weighted by Crippen LogP contribution is -2.29. The Morgan fingerprint density at radius 2 is 2.33 bits per heavy atom. The second-order valence-corrected chi connectivity index (χ2v) is 4.97. The number of aliphatic hydroxyl groups excluding tert-OH is 1. The molecule has 82 valence electrons. The van der Waals surface area contributed by atoms with Crippen molar-refractivity contribution in [3.8, 4) is 0 Å². The van der Waals surface area contributed by atoms with E-state index in [-0.39, 0.29) is 28.5 Å². The minimum Gasteiger partial charge on any atom is -0.395 e. The highest BCUT2D eigenvalue weighted by Crippen LogP contribution is 2.39. The maximum absolute atomic E-state index is 11.5. The molecule has 5 nitrogen and oxygen atoms in total. The minimum absolute atomic E-state index is 0.0338. The van der Waals surface area contributed by atoms with Crippen LogP contribution in [-0.2, 0) is 0 Å². The average molecular weight is 228 g/mol. The number of rotatable bonds is 2. The van der Waals surface area contributed by atoms with Crippen molar-refractivity contribution in [3.05, 3.63) is 33.1 Å². The summed E-state index contributed by atoms with van der Waals surface area (Å²) in [7, 11) is 0. The monoisotopic (exact) mass is 228 g/mol. The van der Waals surface area contributed by atoms with E-state index in [0.717, 1.165) is 12.8 Å². The Balaban J connectivity index is 2.24. The van der Waals surface area contributed by atoms with Gasteiger partial charge in [-0.2, -0.15) is 0 Å². The molecule has 0 bridgehead atoms. The van der Waals surface area contributed by atoms with Crippen molar-refractivity contribution >= 4 is 11.8 Å². The predicted octanol–water partition coefficient (Wildman–Crippen LogP) is -0.0769. The van der Waals surface area contributed by atoms with Crippen molar-refractivity contribution in [1.82, 2.24) is 9.55 Å². The number of aromatic amines is 1. The van der Waals surface area contributed by atoms with Crippen molar-refractivity contribution in [2.45, 2.75) is 23.5 Å². The molecule has 1 saturated heterocycles. The van der Waals surface area contributed by atoms with Crippen LogP contribution in [0, 0.1) is 0 Å². The fourth-order valence-electron chi connectivity index (χ4n) is 1.68. The number of nitrogens with one attached hydrogen (secondary N) is 1. The number of hydrogen-bond acceptors (Lipinski definition) is 4. The Morgan fingerprint density at radius 3 is 2.93 bits per heavy atom. The van der Waals surface area contributed by atoms with Crippen molar-refractivity contribution in [3.63, 3.8) is 0 Å². The Bertz CT molecular complexity index is 453. The summed E-state index contributed by atoms with van der Waals surface area (Å²) in [6, 6.07) is 1.34. The van der Waals surface area contributed by atoms with Gasteiger partial charge in [-0.1, -0.05) is 0 Å². The molecule has 2 unspecified atom stereocenters. The van der Waals surface area contributed by atoms with Crippen molar-refractivity contribution < 1.29 is 5.11 Å². The topological polar surface area (TPSA) is 75.1 Å². The second-order valence-electron chi connectivity index (χ2n) is 3.49. The first-order chi connectivity index (χ1) is 7.20. The molecule has 1 aromatic rings. The highest BCUT2D eigenvalue weighted by Gasteiger charge is 2.26. The second kappa shape index (κ2) is 4.24. The third-order valence-corrected chi connectivity index (χ3v) is 4.00. The predicted molar refractivity (Wildman–Crippen MR) is 58.1 cm³/mol. The Hall–Kier alpha value is -1.01. The standard InChI is InChI=1S/C9H12N2O3S/c12-5-6-1-2-8(15-6)11-4-3-7(13)10-9(11)14/h3-4,6,8,12H,1-2,5H2,(H,10,13,14). The van der Waals surface area contributed by atoms with Gasteiger partial charge in [0.05, 0.1) is 12.0 Å². The summed E-state index contributed by atoms with van der Waals surface area (Å²) in [6.07, 6.45) is 3.26. The molecular formula is C9H12N2O3S. The van der Waals surface area contributed by atoms with Gasteiger partial charge in [-0.05, 0) is 12.8 Å². The molecule has 0 amide bonds. The zero-order valence-corrected chi connectivity index (χ0v) is 8.87. The van der Waals surface area contributed by atoms with Crippen LogP contribution in [0.5, 0.6) is 0 Å². The zero-order valence-electron chi connectivity index (χ0n) is 8.05. The molecule has 1 aromatic heterocycles. The number of nitrogens with zero attached hydrogens (tertiary/aromatic N) is 1. The molecule has 2 N–H and O–H groups in total. The number of H-pyrrole nitrogens is 1. The van der Waals surface area contributed by atoms with Gasteiger partial charge >= 0.3 is 5.69 Å². The quantitative estimate of drug-likeness (QED) is 0.742. The smallest absolute Gasteiger partial charge is 0.329 e. The van der Waals surface area contributed by atoms with Crippen LogP contribution in [0.25, 0.3) is 0 Å². The molecular weight excluding hydrogens is 216 g/mol. The van der Waals surface area contributed by atoms with Crippen molar-refractivity contribution in [2.75, 3.05) is 6.61 Å². The van der Waals surface area contributed by atoms with E-state index in [9.17, 15) is 9.59 Å². The summed E-state index contributed by atoms with van der Waals surface area (Å²) in [6.45, 7) is 0.138. The van der Waals surface area contributed by atoms with Crippen LogP contribution in [0.15, 0.2) is 21.9 Å². The lowest BCUT2D eigenvalue weighted by Gasteiger charge is -2.12. The Morgan fingerprint density at radius 1 is 1.53 bits per heavy atom. The van der Waals surface area contributed by atoms with Crippen LogP contribution in [0.1, 0.15) is 18.2 Å². The maximum Gasteiger partial charge on any atom is 0.329 e. The summed E-state index contributed by atoms with van der Waals surface area (Å²) in [4.78, 5) is 24.5. The summed E-state index contributed by atoms with van der Waals surface area (Å²) in [5.41, 5.74) is -0.753. The Kier molecular flexibility index (Phi) is 2.97. The number of aliphatic hydroxyl groups is 1. The van der Waals surface area contributed by atoms with Crippen LogP contribution in [0.4, 0.5) is 0 Å². The van der Waals surface area contributed by atoms with Gasteiger partial charge in [0.2, 0.25) is 0 Å². The lowest BCUT2D eigenvalue weighted by molar-refractivity contribution is 0.292. The number of aromatic nitrogens is 2. The van der Waals surface area contributed by atoms with E-state index in [2.05, 4.69) is 4.98 Å². The molecule has 0 aromatic carbocycles. The molecule has 2 heterocycles. The molecule has 6 heteroatoms. The van der Waals surface area contributed by atoms with Gasteiger partial charge in [0.1, 0.15) is 0 Å². The van der Waals surface area contributed by atoms with Gasteiger partial charge < -0.3 is 5.11 Å². The van der Waals surface area contributed by atoms with Gasteiger partial charge in [-0.15, -0.1) is 11.8 Å². The first-order valence-electron chi connectivity index (χ1n) is 4.78. The van der Waals surface area contributed by atoms with E-state index in [1.165, 1.54) is 16.8 Å². The molecule has 2 rings (SSSR count). The number of thioether (sulfide) groups is 1. The fraction of sp³-hybridized carbons (Fsp3) is 0.556. The fourth-order valence-corrected chi connectivity index (χ4v) is 3.05. The first kappa shape index (κ1) is 10.5. The van der Waals surface area contributed by atoms with Crippen LogP contribution in [-0.4, -0.2) is 26.5 Å². The van der Waals surface area contributed by atoms with Crippen LogP contribution in [0.2, 0.25) is 0 Å². The van der Waals surface area contributed by atoms with E-state index in [1.807, 2.05) is 0 Å². The third kappa shape index (κ3) is 2.15.